The summed E-state index contributed by atoms with van der Waals surface area (Å²) in [7, 11) is 3.03. The summed E-state index contributed by atoms with van der Waals surface area (Å²) in [5.41, 5.74) is 3.12. The van der Waals surface area contributed by atoms with Crippen LogP contribution >= 0.6 is 0 Å². The van der Waals surface area contributed by atoms with E-state index in [1.807, 2.05) is 60.7 Å². The maximum atomic E-state index is 14.6. The number of rotatable bonds is 10. The van der Waals surface area contributed by atoms with E-state index in [0.717, 1.165) is 11.1 Å². The van der Waals surface area contributed by atoms with Crippen molar-refractivity contribution in [3.05, 3.63) is 120 Å². The third-order valence-corrected chi connectivity index (χ3v) is 8.28. The molecule has 4 aromatic rings. The first-order valence-electron chi connectivity index (χ1n) is 15.7. The number of hydrogen-bond acceptors (Lipinski definition) is 7. The van der Waals surface area contributed by atoms with E-state index in [-0.39, 0.29) is 31.2 Å². The van der Waals surface area contributed by atoms with Gasteiger partial charge in [-0.1, -0.05) is 85.0 Å². The number of urea groups is 1. The highest BCUT2D eigenvalue weighted by Gasteiger charge is 2.45. The molecule has 4 atom stereocenters. The summed E-state index contributed by atoms with van der Waals surface area (Å²) >= 11 is 0. The molecule has 1 saturated heterocycles. The highest BCUT2D eigenvalue weighted by atomic mass is 16.3. The summed E-state index contributed by atoms with van der Waals surface area (Å²) in [5, 5.41) is 36.8. The molecule has 3 heterocycles. The fraction of sp³-hybridized carbons (Fsp3) is 0.286. The number of aliphatic hydroxyl groups excluding tert-OH is 2. The maximum absolute atomic E-state index is 14.6. The first-order chi connectivity index (χ1) is 23.3. The van der Waals surface area contributed by atoms with E-state index in [1.165, 1.54) is 35.9 Å². The van der Waals surface area contributed by atoms with Gasteiger partial charge in [0, 0.05) is 50.7 Å². The molecule has 0 radical (unpaired) electrons. The molecule has 0 saturated carbocycles. The SMILES string of the molecule is CNC(=O)n1cc(/C=C/CN2C(=O)N(C/C=C/c3cnn(C(=O)NC)c3)[C@H](Cc3ccccc3)[C@H](O)[C@@H](O)[C@H]2Cc2ccccc2)cn1. The molecule has 0 unspecified atom stereocenters. The number of benzene rings is 2. The minimum atomic E-state index is -1.27. The molecule has 4 amide bonds. The smallest absolute Gasteiger partial charge is 0.341 e. The van der Waals surface area contributed by atoms with E-state index >= 15 is 0 Å². The minimum Gasteiger partial charge on any atom is -0.388 e. The largest absolute Gasteiger partial charge is 0.388 e. The van der Waals surface area contributed by atoms with Crippen molar-refractivity contribution in [3.63, 3.8) is 0 Å². The van der Waals surface area contributed by atoms with E-state index in [4.69, 9.17) is 0 Å². The minimum absolute atomic E-state index is 0.114. The van der Waals surface area contributed by atoms with Crippen LogP contribution in [-0.2, 0) is 12.8 Å². The molecule has 250 valence electrons. The maximum Gasteiger partial charge on any atom is 0.341 e. The molecular weight excluding hydrogens is 612 g/mol. The van der Waals surface area contributed by atoms with Crippen molar-refractivity contribution in [1.29, 1.82) is 0 Å². The molecule has 48 heavy (non-hydrogen) atoms. The van der Waals surface area contributed by atoms with Crippen LogP contribution in [0.3, 0.4) is 0 Å². The van der Waals surface area contributed by atoms with E-state index in [1.54, 1.807) is 46.5 Å². The number of hydrogen-bond donors (Lipinski definition) is 4. The average Bonchev–Trinajstić information content (AvgIpc) is 3.79. The van der Waals surface area contributed by atoms with Crippen LogP contribution in [-0.4, -0.2) is 109 Å². The van der Waals surface area contributed by atoms with Crippen LogP contribution in [0.5, 0.6) is 0 Å². The second-order valence-electron chi connectivity index (χ2n) is 11.4. The zero-order chi connectivity index (χ0) is 34.0. The second kappa shape index (κ2) is 15.8. The summed E-state index contributed by atoms with van der Waals surface area (Å²) in [6.07, 6.45) is 11.4. The standard InChI is InChI=1S/C35H40N8O5/c1-36-33(46)42-23-27(21-38-42)15-9-17-40-29(19-25-11-5-3-6-12-25)31(44)32(45)30(20-26-13-7-4-8-14-26)41(35(40)48)18-10-16-28-22-39-43(24-28)34(47)37-2/h3-16,21-24,29-32,44-45H,17-20H2,1-2H3,(H,36,46)(H,37,47)/b15-9+,16-10+/t29-,30-,31+,32+/m1/s1. The van der Waals surface area contributed by atoms with Crippen LogP contribution in [0.1, 0.15) is 22.3 Å². The molecule has 2 aromatic heterocycles. The Labute approximate surface area is 278 Å². The van der Waals surface area contributed by atoms with Gasteiger partial charge in [-0.2, -0.15) is 19.6 Å². The van der Waals surface area contributed by atoms with Gasteiger partial charge in [0.1, 0.15) is 12.2 Å². The van der Waals surface area contributed by atoms with Crippen LogP contribution in [0.2, 0.25) is 0 Å². The van der Waals surface area contributed by atoms with Crippen molar-refractivity contribution in [3.8, 4) is 0 Å². The van der Waals surface area contributed by atoms with Crippen molar-refractivity contribution in [1.82, 2.24) is 40.0 Å². The van der Waals surface area contributed by atoms with Crippen LogP contribution in [0.15, 0.2) is 97.6 Å². The Balaban J connectivity index is 1.48. The van der Waals surface area contributed by atoms with Crippen molar-refractivity contribution in [2.45, 2.75) is 37.1 Å². The quantitative estimate of drug-likeness (QED) is 0.205. The molecule has 5 rings (SSSR count). The molecule has 2 aromatic carbocycles. The predicted octanol–water partition coefficient (Wildman–Crippen LogP) is 2.86. The lowest BCUT2D eigenvalue weighted by Gasteiger charge is -2.34. The van der Waals surface area contributed by atoms with E-state index in [0.29, 0.717) is 24.0 Å². The van der Waals surface area contributed by atoms with Crippen LogP contribution in [0.25, 0.3) is 12.2 Å². The Morgan fingerprint density at radius 1 is 0.708 bits per heavy atom. The van der Waals surface area contributed by atoms with Gasteiger partial charge in [0.2, 0.25) is 0 Å². The molecule has 0 spiro atoms. The first-order valence-corrected chi connectivity index (χ1v) is 15.7. The number of carbonyl (C=O) groups is 3. The summed E-state index contributed by atoms with van der Waals surface area (Å²) in [5.74, 6) is 0. The van der Waals surface area contributed by atoms with E-state index in [9.17, 15) is 24.6 Å². The first kappa shape index (κ1) is 33.8. The van der Waals surface area contributed by atoms with Gasteiger partial charge in [0.25, 0.3) is 0 Å². The van der Waals surface area contributed by atoms with E-state index < -0.39 is 24.3 Å². The Bertz CT molecular complexity index is 1610. The Morgan fingerprint density at radius 2 is 1.10 bits per heavy atom. The molecule has 4 N–H and O–H groups in total. The number of nitrogens with zero attached hydrogens (tertiary/aromatic N) is 6. The number of aromatic nitrogens is 4. The fourth-order valence-electron chi connectivity index (χ4n) is 5.77. The summed E-state index contributed by atoms with van der Waals surface area (Å²) in [6, 6.07) is 16.4. The lowest BCUT2D eigenvalue weighted by Crippen LogP contribution is -2.51. The van der Waals surface area contributed by atoms with Gasteiger partial charge in [-0.25, -0.2) is 14.4 Å². The van der Waals surface area contributed by atoms with Crippen LogP contribution in [0, 0.1) is 0 Å². The lowest BCUT2D eigenvalue weighted by molar-refractivity contribution is -0.0377. The highest BCUT2D eigenvalue weighted by molar-refractivity contribution is 5.78. The number of amides is 4. The molecule has 0 aliphatic carbocycles. The molecule has 1 aliphatic heterocycles. The van der Waals surface area contributed by atoms with E-state index in [2.05, 4.69) is 20.8 Å². The molecular formula is C35H40N8O5. The number of carbonyl (C=O) groups excluding carboxylic acids is 3. The molecule has 1 aliphatic rings. The lowest BCUT2D eigenvalue weighted by atomic mass is 9.91. The topological polar surface area (TPSA) is 158 Å². The highest BCUT2D eigenvalue weighted by Crippen LogP contribution is 2.27. The van der Waals surface area contributed by atoms with Gasteiger partial charge in [0.05, 0.1) is 24.5 Å². The normalized spacial score (nSPS) is 20.0. The number of aliphatic hydroxyl groups is 2. The third kappa shape index (κ3) is 8.06. The fourth-order valence-corrected chi connectivity index (χ4v) is 5.77. The van der Waals surface area contributed by atoms with Crippen molar-refractivity contribution in [2.24, 2.45) is 0 Å². The summed E-state index contributed by atoms with van der Waals surface area (Å²) in [6.45, 7) is 0.227. The van der Waals surface area contributed by atoms with Crippen molar-refractivity contribution < 1.29 is 24.6 Å². The average molecular weight is 653 g/mol. The zero-order valence-corrected chi connectivity index (χ0v) is 26.8. The van der Waals surface area contributed by atoms with Gasteiger partial charge >= 0.3 is 18.1 Å². The predicted molar refractivity (Wildman–Crippen MR) is 181 cm³/mol. The van der Waals surface area contributed by atoms with Gasteiger partial charge in [-0.05, 0) is 24.0 Å². The number of nitrogens with one attached hydrogen (secondary N) is 2. The Morgan fingerprint density at radius 3 is 1.48 bits per heavy atom. The molecule has 0 bridgehead atoms. The Kier molecular flexibility index (Phi) is 11.2. The summed E-state index contributed by atoms with van der Waals surface area (Å²) in [4.78, 5) is 41.7. The summed E-state index contributed by atoms with van der Waals surface area (Å²) < 4.78 is 2.35. The monoisotopic (exact) mass is 652 g/mol. The van der Waals surface area contributed by atoms with Crippen LogP contribution in [0.4, 0.5) is 14.4 Å². The Hall–Kier alpha value is -5.53. The third-order valence-electron chi connectivity index (χ3n) is 8.28. The molecule has 13 heteroatoms. The zero-order valence-electron chi connectivity index (χ0n) is 26.8. The van der Waals surface area contributed by atoms with Gasteiger partial charge in [-0.15, -0.1) is 0 Å². The van der Waals surface area contributed by atoms with Gasteiger partial charge in [-0.3, -0.25) is 0 Å². The molecule has 13 nitrogen and oxygen atoms in total. The van der Waals surface area contributed by atoms with Crippen molar-refractivity contribution in [2.75, 3.05) is 27.2 Å². The van der Waals surface area contributed by atoms with Crippen molar-refractivity contribution >= 4 is 30.2 Å². The second-order valence-corrected chi connectivity index (χ2v) is 11.4. The van der Waals surface area contributed by atoms with Gasteiger partial charge < -0.3 is 30.6 Å². The van der Waals surface area contributed by atoms with Gasteiger partial charge in [0.15, 0.2) is 0 Å². The van der Waals surface area contributed by atoms with Crippen LogP contribution < -0.4 is 10.6 Å². The molecule has 1 fully saturated rings.